The molecule has 0 N–H and O–H groups in total. The molecule has 11 aromatic rings. The van der Waals surface area contributed by atoms with E-state index >= 15 is 0 Å². The van der Waals surface area contributed by atoms with Crippen LogP contribution in [0.15, 0.2) is 224 Å². The molecule has 57 heavy (non-hydrogen) atoms. The van der Waals surface area contributed by atoms with Crippen molar-refractivity contribution < 1.29 is 0 Å². The van der Waals surface area contributed by atoms with E-state index in [-0.39, 0.29) is 0 Å². The van der Waals surface area contributed by atoms with Crippen LogP contribution in [0, 0.1) is 0 Å². The van der Waals surface area contributed by atoms with Crippen LogP contribution in [0.4, 0.5) is 17.1 Å². The van der Waals surface area contributed by atoms with Crippen molar-refractivity contribution in [3.05, 3.63) is 224 Å². The Morgan fingerprint density at radius 2 is 0.596 bits per heavy atom. The zero-order valence-electron chi connectivity index (χ0n) is 31.2. The van der Waals surface area contributed by atoms with Crippen molar-refractivity contribution in [2.45, 2.75) is 0 Å². The molecule has 0 bridgehead atoms. The number of aromatic nitrogens is 2. The largest absolute Gasteiger partial charge is 0.310 e. The van der Waals surface area contributed by atoms with Gasteiger partial charge in [0.25, 0.3) is 0 Å². The predicted octanol–water partition coefficient (Wildman–Crippen LogP) is 14.7. The number of rotatable bonds is 7. The molecule has 0 aliphatic heterocycles. The van der Waals surface area contributed by atoms with Gasteiger partial charge in [0.05, 0.1) is 22.1 Å². The quantitative estimate of drug-likeness (QED) is 0.159. The summed E-state index contributed by atoms with van der Waals surface area (Å²) in [6.07, 6.45) is 0. The average molecular weight is 728 g/mol. The maximum Gasteiger partial charge on any atom is 0.0542 e. The lowest BCUT2D eigenvalue weighted by atomic mass is 10.0. The van der Waals surface area contributed by atoms with Crippen LogP contribution in [0.3, 0.4) is 0 Å². The molecule has 0 saturated heterocycles. The Morgan fingerprint density at radius 1 is 0.246 bits per heavy atom. The van der Waals surface area contributed by atoms with Crippen LogP contribution in [0.5, 0.6) is 0 Å². The third-order valence-corrected chi connectivity index (χ3v) is 11.3. The van der Waals surface area contributed by atoms with Crippen LogP contribution in [-0.4, -0.2) is 9.13 Å². The van der Waals surface area contributed by atoms with Crippen molar-refractivity contribution in [3.8, 4) is 33.6 Å². The highest BCUT2D eigenvalue weighted by molar-refractivity contribution is 6.11. The SMILES string of the molecule is c1ccc(-c2ccc(N(c3ccc(-c4ccc(-n5c6ccccc6c6ccccc65)cc4)cc3)c3ccc4c(c3)c3ccccc3n4-c3ccccc3)cc2)cc1. The highest BCUT2D eigenvalue weighted by Gasteiger charge is 2.18. The van der Waals surface area contributed by atoms with Crippen molar-refractivity contribution in [3.63, 3.8) is 0 Å². The van der Waals surface area contributed by atoms with Gasteiger partial charge < -0.3 is 14.0 Å². The first-order valence-electron chi connectivity index (χ1n) is 19.5. The number of anilines is 3. The second-order valence-corrected chi connectivity index (χ2v) is 14.6. The zero-order valence-corrected chi connectivity index (χ0v) is 31.2. The highest BCUT2D eigenvalue weighted by Crippen LogP contribution is 2.41. The van der Waals surface area contributed by atoms with Crippen LogP contribution < -0.4 is 4.90 Å². The van der Waals surface area contributed by atoms with Crippen LogP contribution in [-0.2, 0) is 0 Å². The first-order chi connectivity index (χ1) is 28.3. The van der Waals surface area contributed by atoms with Gasteiger partial charge in [0.15, 0.2) is 0 Å². The van der Waals surface area contributed by atoms with Gasteiger partial charge in [0.2, 0.25) is 0 Å². The minimum atomic E-state index is 1.10. The molecule has 0 saturated carbocycles. The summed E-state index contributed by atoms with van der Waals surface area (Å²) in [7, 11) is 0. The Labute approximate surface area is 331 Å². The molecular weight excluding hydrogens is 691 g/mol. The second kappa shape index (κ2) is 13.6. The standard InChI is InChI=1S/C54H37N3/c1-3-13-38(14-4-1)39-23-29-43(30-24-39)55(46-35-36-54-50(37-46)49-19-9-12-22-53(49)56(54)42-15-5-2-6-16-42)44-31-25-40(26-32-44)41-27-33-45(34-28-41)57-51-20-10-7-17-47(51)48-18-8-11-21-52(48)57/h1-37H. The topological polar surface area (TPSA) is 13.1 Å². The first kappa shape index (κ1) is 32.8. The second-order valence-electron chi connectivity index (χ2n) is 14.6. The summed E-state index contributed by atoms with van der Waals surface area (Å²) in [6, 6.07) is 81.0. The van der Waals surface area contributed by atoms with Gasteiger partial charge in [-0.05, 0) is 107 Å². The third kappa shape index (κ3) is 5.60. The summed E-state index contributed by atoms with van der Waals surface area (Å²) in [4.78, 5) is 2.37. The zero-order chi connectivity index (χ0) is 37.7. The molecule has 0 aliphatic rings. The molecule has 11 rings (SSSR count). The van der Waals surface area contributed by atoms with Gasteiger partial charge in [0.1, 0.15) is 0 Å². The fraction of sp³-hybridized carbons (Fsp3) is 0. The van der Waals surface area contributed by atoms with Gasteiger partial charge in [0, 0.05) is 50.0 Å². The van der Waals surface area contributed by atoms with Gasteiger partial charge >= 0.3 is 0 Å². The summed E-state index contributed by atoms with van der Waals surface area (Å²) >= 11 is 0. The van der Waals surface area contributed by atoms with Gasteiger partial charge in [-0.1, -0.05) is 140 Å². The lowest BCUT2D eigenvalue weighted by Crippen LogP contribution is -2.10. The fourth-order valence-electron chi connectivity index (χ4n) is 8.64. The van der Waals surface area contributed by atoms with E-state index in [1.165, 1.54) is 65.9 Å². The fourth-order valence-corrected chi connectivity index (χ4v) is 8.64. The molecule has 0 amide bonds. The first-order valence-corrected chi connectivity index (χ1v) is 19.5. The molecule has 3 heteroatoms. The summed E-state index contributed by atoms with van der Waals surface area (Å²) in [6.45, 7) is 0. The van der Waals surface area contributed by atoms with E-state index in [0.29, 0.717) is 0 Å². The lowest BCUT2D eigenvalue weighted by Gasteiger charge is -2.26. The van der Waals surface area contributed by atoms with E-state index in [1.807, 2.05) is 0 Å². The molecule has 0 atom stereocenters. The third-order valence-electron chi connectivity index (χ3n) is 11.3. The smallest absolute Gasteiger partial charge is 0.0542 e. The van der Waals surface area contributed by atoms with Crippen LogP contribution in [0.2, 0.25) is 0 Å². The van der Waals surface area contributed by atoms with E-state index in [4.69, 9.17) is 0 Å². The minimum Gasteiger partial charge on any atom is -0.310 e. The Morgan fingerprint density at radius 3 is 1.11 bits per heavy atom. The van der Waals surface area contributed by atoms with Gasteiger partial charge in [-0.3, -0.25) is 0 Å². The van der Waals surface area contributed by atoms with Crippen LogP contribution >= 0.6 is 0 Å². The molecule has 0 unspecified atom stereocenters. The van der Waals surface area contributed by atoms with E-state index in [2.05, 4.69) is 238 Å². The molecule has 3 nitrogen and oxygen atoms in total. The molecule has 9 aromatic carbocycles. The Bertz CT molecular complexity index is 3140. The summed E-state index contributed by atoms with van der Waals surface area (Å²) in [5.41, 5.74) is 15.2. The molecule has 0 spiro atoms. The Balaban J connectivity index is 0.996. The molecule has 0 aliphatic carbocycles. The van der Waals surface area contributed by atoms with Gasteiger partial charge in [-0.25, -0.2) is 0 Å². The molecular formula is C54H37N3. The minimum absolute atomic E-state index is 1.10. The van der Waals surface area contributed by atoms with Crippen molar-refractivity contribution in [1.29, 1.82) is 0 Å². The summed E-state index contributed by atoms with van der Waals surface area (Å²) in [5, 5.41) is 5.00. The predicted molar refractivity (Wildman–Crippen MR) is 241 cm³/mol. The van der Waals surface area contributed by atoms with E-state index in [1.54, 1.807) is 0 Å². The Kier molecular flexibility index (Phi) is 7.82. The Hall–Kier alpha value is -7.62. The summed E-state index contributed by atoms with van der Waals surface area (Å²) < 4.78 is 4.74. The van der Waals surface area contributed by atoms with Crippen LogP contribution in [0.1, 0.15) is 0 Å². The van der Waals surface area contributed by atoms with E-state index < -0.39 is 0 Å². The van der Waals surface area contributed by atoms with Crippen molar-refractivity contribution in [1.82, 2.24) is 9.13 Å². The molecule has 268 valence electrons. The number of para-hydroxylation sites is 4. The monoisotopic (exact) mass is 727 g/mol. The normalized spacial score (nSPS) is 11.5. The average Bonchev–Trinajstić information content (AvgIpc) is 3.80. The number of fused-ring (bicyclic) bond motifs is 6. The number of hydrogen-bond donors (Lipinski definition) is 0. The van der Waals surface area contributed by atoms with Crippen molar-refractivity contribution in [2.75, 3.05) is 4.90 Å². The van der Waals surface area contributed by atoms with Gasteiger partial charge in [-0.15, -0.1) is 0 Å². The van der Waals surface area contributed by atoms with Gasteiger partial charge in [-0.2, -0.15) is 0 Å². The lowest BCUT2D eigenvalue weighted by molar-refractivity contribution is 1.18. The molecule has 2 aromatic heterocycles. The van der Waals surface area contributed by atoms with Crippen LogP contribution in [0.25, 0.3) is 77.2 Å². The maximum atomic E-state index is 2.37. The maximum absolute atomic E-state index is 2.37. The molecule has 0 radical (unpaired) electrons. The van der Waals surface area contributed by atoms with Crippen molar-refractivity contribution >= 4 is 60.7 Å². The van der Waals surface area contributed by atoms with Crippen molar-refractivity contribution in [2.24, 2.45) is 0 Å². The number of hydrogen-bond acceptors (Lipinski definition) is 1. The van der Waals surface area contributed by atoms with E-state index in [9.17, 15) is 0 Å². The summed E-state index contributed by atoms with van der Waals surface area (Å²) in [5.74, 6) is 0. The molecule has 2 heterocycles. The molecule has 0 fully saturated rings. The highest BCUT2D eigenvalue weighted by atomic mass is 15.1. The van der Waals surface area contributed by atoms with E-state index in [0.717, 1.165) is 28.4 Å². The number of nitrogens with zero attached hydrogens (tertiary/aromatic N) is 3. The number of benzene rings is 9.